The van der Waals surface area contributed by atoms with E-state index in [1.54, 1.807) is 0 Å². The molecule has 0 saturated carbocycles. The molecule has 1 nitrogen and oxygen atoms in total. The maximum Gasteiger partial charge on any atom is 0.380 e. The summed E-state index contributed by atoms with van der Waals surface area (Å²) in [7, 11) is 0. The van der Waals surface area contributed by atoms with Crippen molar-refractivity contribution in [3.63, 3.8) is 0 Å². The van der Waals surface area contributed by atoms with Crippen LogP contribution in [0.3, 0.4) is 0 Å². The lowest BCUT2D eigenvalue weighted by atomic mass is 10.1. The van der Waals surface area contributed by atoms with Crippen LogP contribution in [0.4, 0.5) is 35.1 Å². The van der Waals surface area contributed by atoms with Crippen LogP contribution in [0.1, 0.15) is 26.7 Å². The quantitative estimate of drug-likeness (QED) is 0.605. The van der Waals surface area contributed by atoms with Crippen LogP contribution in [0.2, 0.25) is 0 Å². The van der Waals surface area contributed by atoms with Gasteiger partial charge in [-0.2, -0.15) is 26.3 Å². The Balaban J connectivity index is 4.97. The molecule has 0 amide bonds. The van der Waals surface area contributed by atoms with E-state index < -0.39 is 36.9 Å². The van der Waals surface area contributed by atoms with Crippen molar-refractivity contribution in [2.45, 2.75) is 57.0 Å². The fraction of sp³-hybridized carbons (Fsp3) is 1.00. The second kappa shape index (κ2) is 6.23. The predicted octanol–water partition coefficient (Wildman–Crippen LogP) is 4.36. The van der Waals surface area contributed by atoms with Crippen molar-refractivity contribution < 1.29 is 39.9 Å². The predicted molar refractivity (Wildman–Crippen MR) is 51.2 cm³/mol. The van der Waals surface area contributed by atoms with Crippen LogP contribution in [0.5, 0.6) is 0 Å². The van der Waals surface area contributed by atoms with Crippen LogP contribution in [0.25, 0.3) is 0 Å². The molecule has 0 unspecified atom stereocenters. The van der Waals surface area contributed by atoms with E-state index in [0.29, 0.717) is 0 Å². The van der Waals surface area contributed by atoms with Crippen molar-refractivity contribution in [2.24, 2.45) is 0 Å². The van der Waals surface area contributed by atoms with E-state index in [1.165, 1.54) is 13.8 Å². The van der Waals surface area contributed by atoms with Gasteiger partial charge in [-0.05, 0) is 12.8 Å². The highest BCUT2D eigenvalue weighted by molar-refractivity contribution is 4.97. The average Bonchev–Trinajstić information content (AvgIpc) is 2.29. The molecule has 0 aromatic rings. The third-order valence-corrected chi connectivity index (χ3v) is 2.56. The minimum Gasteiger partial charge on any atom is -0.372 e. The van der Waals surface area contributed by atoms with E-state index in [-0.39, 0.29) is 12.8 Å². The molecule has 0 aliphatic carbocycles. The van der Waals surface area contributed by atoms with E-state index in [1.807, 2.05) is 0 Å². The standard InChI is InChI=1S/C10H14F8O/c1-3-6(4-2)19-5-8(13,14)10(17,18)9(15,16)7(11)12/h6-7H,3-5H2,1-2H3. The SMILES string of the molecule is CCC(CC)OCC(F)(F)C(F)(F)C(F)(F)C(F)F. The number of rotatable bonds is 8. The van der Waals surface area contributed by atoms with Crippen LogP contribution in [-0.2, 0) is 4.74 Å². The van der Waals surface area contributed by atoms with Crippen molar-refractivity contribution in [2.75, 3.05) is 6.61 Å². The Kier molecular flexibility index (Phi) is 6.04. The molecule has 19 heavy (non-hydrogen) atoms. The van der Waals surface area contributed by atoms with Crippen molar-refractivity contribution in [1.82, 2.24) is 0 Å². The van der Waals surface area contributed by atoms with Gasteiger partial charge in [-0.15, -0.1) is 0 Å². The molecule has 0 heterocycles. The summed E-state index contributed by atoms with van der Waals surface area (Å²) >= 11 is 0. The maximum absolute atomic E-state index is 13.0. The maximum atomic E-state index is 13.0. The molecule has 0 aromatic heterocycles. The second-order valence-corrected chi connectivity index (χ2v) is 3.95. The minimum atomic E-state index is -6.19. The highest BCUT2D eigenvalue weighted by Crippen LogP contribution is 2.48. The molecule has 0 bridgehead atoms. The molecule has 9 heteroatoms. The fourth-order valence-electron chi connectivity index (χ4n) is 1.22. The van der Waals surface area contributed by atoms with Gasteiger partial charge in [-0.1, -0.05) is 13.8 Å². The first-order chi connectivity index (χ1) is 8.44. The van der Waals surface area contributed by atoms with Crippen LogP contribution in [0, 0.1) is 0 Å². The number of hydrogen-bond donors (Lipinski definition) is 0. The van der Waals surface area contributed by atoms with Crippen molar-refractivity contribution >= 4 is 0 Å². The summed E-state index contributed by atoms with van der Waals surface area (Å²) in [6.45, 7) is 0.977. The van der Waals surface area contributed by atoms with E-state index in [4.69, 9.17) is 0 Å². The van der Waals surface area contributed by atoms with Gasteiger partial charge in [0, 0.05) is 0 Å². The first-order valence-electron chi connectivity index (χ1n) is 5.47. The van der Waals surface area contributed by atoms with Crippen molar-refractivity contribution in [3.05, 3.63) is 0 Å². The first kappa shape index (κ1) is 18.4. The first-order valence-corrected chi connectivity index (χ1v) is 5.47. The topological polar surface area (TPSA) is 9.23 Å². The molecular weight excluding hydrogens is 288 g/mol. The lowest BCUT2D eigenvalue weighted by molar-refractivity contribution is -0.347. The second-order valence-electron chi connectivity index (χ2n) is 3.95. The largest absolute Gasteiger partial charge is 0.380 e. The van der Waals surface area contributed by atoms with Crippen molar-refractivity contribution in [1.29, 1.82) is 0 Å². The van der Waals surface area contributed by atoms with Gasteiger partial charge < -0.3 is 4.74 Å². The van der Waals surface area contributed by atoms with Gasteiger partial charge in [0.1, 0.15) is 6.61 Å². The van der Waals surface area contributed by atoms with Gasteiger partial charge in [0.25, 0.3) is 0 Å². The van der Waals surface area contributed by atoms with Crippen molar-refractivity contribution in [3.8, 4) is 0 Å². The summed E-state index contributed by atoms with van der Waals surface area (Å²) in [5.74, 6) is -17.7. The molecular formula is C10H14F8O. The van der Waals surface area contributed by atoms with Gasteiger partial charge in [-0.3, -0.25) is 0 Å². The molecule has 0 aromatic carbocycles. The molecule has 0 fully saturated rings. The smallest absolute Gasteiger partial charge is 0.372 e. The monoisotopic (exact) mass is 302 g/mol. The van der Waals surface area contributed by atoms with Crippen LogP contribution < -0.4 is 0 Å². The van der Waals surface area contributed by atoms with Gasteiger partial charge in [-0.25, -0.2) is 8.78 Å². The lowest BCUT2D eigenvalue weighted by Gasteiger charge is -2.32. The normalized spacial score (nSPS) is 14.5. The van der Waals surface area contributed by atoms with Crippen LogP contribution in [0.15, 0.2) is 0 Å². The molecule has 116 valence electrons. The molecule has 0 atom stereocenters. The highest BCUT2D eigenvalue weighted by Gasteiger charge is 2.75. The van der Waals surface area contributed by atoms with E-state index in [9.17, 15) is 35.1 Å². The Labute approximate surface area is 104 Å². The number of ether oxygens (including phenoxy) is 1. The third-order valence-electron chi connectivity index (χ3n) is 2.56. The highest BCUT2D eigenvalue weighted by atomic mass is 19.4. The molecule has 0 saturated heterocycles. The average molecular weight is 302 g/mol. The Bertz CT molecular complexity index is 275. The zero-order valence-electron chi connectivity index (χ0n) is 10.2. The zero-order chi connectivity index (χ0) is 15.5. The molecule has 0 spiro atoms. The van der Waals surface area contributed by atoms with Gasteiger partial charge in [0.15, 0.2) is 0 Å². The lowest BCUT2D eigenvalue weighted by Crippen LogP contribution is -2.59. The summed E-state index contributed by atoms with van der Waals surface area (Å²) in [5.41, 5.74) is 0. The van der Waals surface area contributed by atoms with Gasteiger partial charge in [0.05, 0.1) is 6.10 Å². The summed E-state index contributed by atoms with van der Waals surface area (Å²) in [6, 6.07) is 0. The van der Waals surface area contributed by atoms with E-state index in [2.05, 4.69) is 4.74 Å². The molecule has 0 aliphatic rings. The van der Waals surface area contributed by atoms with Crippen LogP contribution >= 0.6 is 0 Å². The summed E-state index contributed by atoms with van der Waals surface area (Å²) in [6.07, 6.45) is -5.34. The van der Waals surface area contributed by atoms with E-state index in [0.717, 1.165) is 0 Å². The van der Waals surface area contributed by atoms with E-state index >= 15 is 0 Å². The van der Waals surface area contributed by atoms with Gasteiger partial charge >= 0.3 is 24.2 Å². The summed E-state index contributed by atoms with van der Waals surface area (Å²) in [5, 5.41) is 0. The summed E-state index contributed by atoms with van der Waals surface area (Å²) in [4.78, 5) is 0. The molecule has 0 rings (SSSR count). The summed E-state index contributed by atoms with van der Waals surface area (Å²) < 4.78 is 104. The van der Waals surface area contributed by atoms with Crippen LogP contribution in [-0.4, -0.2) is 36.9 Å². The minimum absolute atomic E-state index is 0.198. The molecule has 0 radical (unpaired) electrons. The molecule has 0 aliphatic heterocycles. The Hall–Kier alpha value is -0.600. The fourth-order valence-corrected chi connectivity index (χ4v) is 1.22. The zero-order valence-corrected chi connectivity index (χ0v) is 10.2. The third kappa shape index (κ3) is 3.70. The Morgan fingerprint density at radius 2 is 1.32 bits per heavy atom. The Morgan fingerprint density at radius 3 is 1.63 bits per heavy atom. The molecule has 0 N–H and O–H groups in total. The number of halogens is 8. The number of alkyl halides is 8. The number of hydrogen-bond acceptors (Lipinski definition) is 1. The van der Waals surface area contributed by atoms with Gasteiger partial charge in [0.2, 0.25) is 0 Å². The Morgan fingerprint density at radius 1 is 0.895 bits per heavy atom.